The van der Waals surface area contributed by atoms with Gasteiger partial charge in [0, 0.05) is 6.20 Å². The Balaban J connectivity index is 2.42. The quantitative estimate of drug-likeness (QED) is 0.832. The van der Waals surface area contributed by atoms with E-state index in [4.69, 9.17) is 5.26 Å². The lowest BCUT2D eigenvalue weighted by Crippen LogP contribution is -1.91. The topological polar surface area (TPSA) is 36.7 Å². The number of benzene rings is 1. The number of halogens is 3. The minimum atomic E-state index is -0.769. The summed E-state index contributed by atoms with van der Waals surface area (Å²) in [7, 11) is 0. The Labute approximate surface area is 115 Å². The molecule has 0 aliphatic rings. The summed E-state index contributed by atoms with van der Waals surface area (Å²) in [6, 6.07) is 7.14. The molecule has 0 N–H and O–H groups in total. The summed E-state index contributed by atoms with van der Waals surface area (Å²) in [5.74, 6) is -1.54. The second-order valence-electron chi connectivity index (χ2n) is 3.27. The van der Waals surface area contributed by atoms with Crippen LogP contribution >= 0.6 is 27.7 Å². The van der Waals surface area contributed by atoms with Gasteiger partial charge in [-0.25, -0.2) is 13.8 Å². The van der Waals surface area contributed by atoms with E-state index >= 15 is 0 Å². The highest BCUT2D eigenvalue weighted by molar-refractivity contribution is 9.10. The van der Waals surface area contributed by atoms with Gasteiger partial charge in [0.25, 0.3) is 0 Å². The first-order chi connectivity index (χ1) is 8.61. The van der Waals surface area contributed by atoms with Crippen molar-refractivity contribution in [1.29, 1.82) is 5.26 Å². The molecule has 0 radical (unpaired) electrons. The van der Waals surface area contributed by atoms with Crippen LogP contribution < -0.4 is 0 Å². The molecule has 0 aliphatic heterocycles. The maximum Gasteiger partial charge on any atom is 0.141 e. The summed E-state index contributed by atoms with van der Waals surface area (Å²) in [4.78, 5) is 3.84. The van der Waals surface area contributed by atoms with E-state index in [2.05, 4.69) is 20.9 Å². The number of hydrogen-bond acceptors (Lipinski definition) is 3. The average molecular weight is 327 g/mol. The van der Waals surface area contributed by atoms with Crippen molar-refractivity contribution in [2.75, 3.05) is 0 Å². The number of nitriles is 1. The zero-order valence-corrected chi connectivity index (χ0v) is 11.2. The van der Waals surface area contributed by atoms with E-state index in [1.54, 1.807) is 18.2 Å². The van der Waals surface area contributed by atoms with E-state index in [9.17, 15) is 8.78 Å². The van der Waals surface area contributed by atoms with Crippen molar-refractivity contribution in [3.05, 3.63) is 52.1 Å². The first-order valence-corrected chi connectivity index (χ1v) is 6.40. The third-order valence-corrected chi connectivity index (χ3v) is 4.07. The van der Waals surface area contributed by atoms with Gasteiger partial charge in [0.2, 0.25) is 0 Å². The van der Waals surface area contributed by atoms with Crippen molar-refractivity contribution in [1.82, 2.24) is 4.98 Å². The van der Waals surface area contributed by atoms with E-state index in [1.807, 2.05) is 0 Å². The van der Waals surface area contributed by atoms with E-state index in [0.29, 0.717) is 9.50 Å². The molecule has 90 valence electrons. The molecule has 0 saturated carbocycles. The highest BCUT2D eigenvalue weighted by Gasteiger charge is 2.14. The Bertz CT molecular complexity index is 617. The van der Waals surface area contributed by atoms with E-state index in [-0.39, 0.29) is 10.5 Å². The Hall–Kier alpha value is -1.45. The van der Waals surface area contributed by atoms with Crippen molar-refractivity contribution < 1.29 is 8.78 Å². The molecule has 2 aromatic rings. The molecule has 0 aliphatic carbocycles. The van der Waals surface area contributed by atoms with Crippen molar-refractivity contribution in [3.63, 3.8) is 0 Å². The summed E-state index contributed by atoms with van der Waals surface area (Å²) in [6.45, 7) is 0. The smallest absolute Gasteiger partial charge is 0.141 e. The second-order valence-corrected chi connectivity index (χ2v) is 5.13. The molecule has 2 nitrogen and oxygen atoms in total. The predicted molar refractivity (Wildman–Crippen MR) is 67.1 cm³/mol. The number of rotatable bonds is 2. The maximum atomic E-state index is 13.7. The molecule has 0 atom stereocenters. The van der Waals surface area contributed by atoms with Gasteiger partial charge >= 0.3 is 0 Å². The van der Waals surface area contributed by atoms with Gasteiger partial charge in [-0.2, -0.15) is 5.26 Å². The molecule has 1 heterocycles. The fourth-order valence-electron chi connectivity index (χ4n) is 1.26. The molecule has 0 spiro atoms. The van der Waals surface area contributed by atoms with Crippen LogP contribution in [0.25, 0.3) is 0 Å². The van der Waals surface area contributed by atoms with Gasteiger partial charge in [0.15, 0.2) is 0 Å². The summed E-state index contributed by atoms with van der Waals surface area (Å²) >= 11 is 4.12. The number of pyridine rings is 1. The van der Waals surface area contributed by atoms with Crippen LogP contribution in [0.3, 0.4) is 0 Å². The van der Waals surface area contributed by atoms with Crippen molar-refractivity contribution in [2.45, 2.75) is 9.92 Å². The van der Waals surface area contributed by atoms with Crippen LogP contribution in [0.2, 0.25) is 0 Å². The largest absolute Gasteiger partial charge is 0.248 e. The normalized spacial score (nSPS) is 10.1. The highest BCUT2D eigenvalue weighted by atomic mass is 79.9. The Morgan fingerprint density at radius 3 is 2.50 bits per heavy atom. The molecular formula is C12H5BrF2N2S. The molecule has 0 saturated heterocycles. The van der Waals surface area contributed by atoms with Gasteiger partial charge in [-0.1, -0.05) is 11.8 Å². The molecule has 0 fully saturated rings. The number of nitrogens with zero attached hydrogens (tertiary/aromatic N) is 2. The Morgan fingerprint density at radius 1 is 1.28 bits per heavy atom. The average Bonchev–Trinajstić information content (AvgIpc) is 2.35. The highest BCUT2D eigenvalue weighted by Crippen LogP contribution is 2.35. The lowest BCUT2D eigenvalue weighted by Gasteiger charge is -2.05. The standard InChI is InChI=1S/C12H5BrF2N2S/c13-8-2-1-3-17-12(8)18-11-9(14)4-7(6-16)5-10(11)15/h1-5H. The first kappa shape index (κ1) is 13.0. The summed E-state index contributed by atoms with van der Waals surface area (Å²) in [6.07, 6.45) is 1.53. The van der Waals surface area contributed by atoms with Crippen molar-refractivity contribution in [2.24, 2.45) is 0 Å². The second kappa shape index (κ2) is 5.46. The van der Waals surface area contributed by atoms with Gasteiger partial charge < -0.3 is 0 Å². The van der Waals surface area contributed by atoms with Crippen LogP contribution in [-0.2, 0) is 0 Å². The summed E-state index contributed by atoms with van der Waals surface area (Å²) in [5.41, 5.74) is -0.0468. The van der Waals surface area contributed by atoms with Crippen LogP contribution in [0.1, 0.15) is 5.56 Å². The molecular weight excluding hydrogens is 322 g/mol. The van der Waals surface area contributed by atoms with E-state index in [0.717, 1.165) is 23.9 Å². The lowest BCUT2D eigenvalue weighted by molar-refractivity contribution is 0.539. The Morgan fingerprint density at radius 2 is 1.94 bits per heavy atom. The predicted octanol–water partition coefficient (Wildman–Crippen LogP) is 4.15. The van der Waals surface area contributed by atoms with Crippen LogP contribution in [0.5, 0.6) is 0 Å². The van der Waals surface area contributed by atoms with Gasteiger partial charge in [0.1, 0.15) is 16.7 Å². The third kappa shape index (κ3) is 2.68. The van der Waals surface area contributed by atoms with Gasteiger partial charge in [-0.05, 0) is 40.2 Å². The van der Waals surface area contributed by atoms with Crippen molar-refractivity contribution >= 4 is 27.7 Å². The van der Waals surface area contributed by atoms with Gasteiger partial charge in [-0.3, -0.25) is 0 Å². The van der Waals surface area contributed by atoms with Gasteiger partial charge in [0.05, 0.1) is 21.0 Å². The van der Waals surface area contributed by atoms with Crippen LogP contribution in [0, 0.1) is 23.0 Å². The molecule has 6 heteroatoms. The van der Waals surface area contributed by atoms with Crippen molar-refractivity contribution in [3.8, 4) is 6.07 Å². The fourth-order valence-corrected chi connectivity index (χ4v) is 2.55. The fraction of sp³-hybridized carbons (Fsp3) is 0. The third-order valence-electron chi connectivity index (χ3n) is 2.05. The molecule has 0 amide bonds. The van der Waals surface area contributed by atoms with Crippen LogP contribution in [-0.4, -0.2) is 4.98 Å². The van der Waals surface area contributed by atoms with Crippen LogP contribution in [0.4, 0.5) is 8.78 Å². The minimum Gasteiger partial charge on any atom is -0.248 e. The Kier molecular flexibility index (Phi) is 3.94. The molecule has 2 rings (SSSR count). The van der Waals surface area contributed by atoms with E-state index in [1.165, 1.54) is 6.20 Å². The molecule has 18 heavy (non-hydrogen) atoms. The summed E-state index contributed by atoms with van der Waals surface area (Å²) < 4.78 is 28.0. The van der Waals surface area contributed by atoms with Crippen LogP contribution in [0.15, 0.2) is 44.9 Å². The van der Waals surface area contributed by atoms with E-state index < -0.39 is 11.6 Å². The monoisotopic (exact) mass is 326 g/mol. The molecule has 1 aromatic carbocycles. The lowest BCUT2D eigenvalue weighted by atomic mass is 10.2. The number of hydrogen-bond donors (Lipinski definition) is 0. The minimum absolute atomic E-state index is 0.0468. The zero-order chi connectivity index (χ0) is 13.1. The summed E-state index contributed by atoms with van der Waals surface area (Å²) in [5, 5.41) is 9.06. The molecule has 0 bridgehead atoms. The zero-order valence-electron chi connectivity index (χ0n) is 8.82. The SMILES string of the molecule is N#Cc1cc(F)c(Sc2ncccc2Br)c(F)c1. The number of aromatic nitrogens is 1. The molecule has 1 aromatic heterocycles. The van der Waals surface area contributed by atoms with Gasteiger partial charge in [-0.15, -0.1) is 0 Å². The first-order valence-electron chi connectivity index (χ1n) is 4.79. The maximum absolute atomic E-state index is 13.7. The molecule has 0 unspecified atom stereocenters.